The minimum Gasteiger partial charge on any atom is -0.316 e. The van der Waals surface area contributed by atoms with Crippen molar-refractivity contribution in [1.82, 2.24) is 5.32 Å². The molecule has 0 amide bonds. The topological polar surface area (TPSA) is 12.0 Å². The summed E-state index contributed by atoms with van der Waals surface area (Å²) in [4.78, 5) is 1.02. The highest BCUT2D eigenvalue weighted by Gasteiger charge is 2.09. The van der Waals surface area contributed by atoms with Crippen molar-refractivity contribution in [3.8, 4) is 10.4 Å². The highest BCUT2D eigenvalue weighted by molar-refractivity contribution is 7.13. The average molecular weight is 235 g/mol. The van der Waals surface area contributed by atoms with Crippen LogP contribution < -0.4 is 5.32 Å². The van der Waals surface area contributed by atoms with Crippen LogP contribution in [0, 0.1) is 12.7 Å². The Bertz CT molecular complexity index is 490. The predicted molar refractivity (Wildman–Crippen MR) is 67.2 cm³/mol. The van der Waals surface area contributed by atoms with Gasteiger partial charge in [0.2, 0.25) is 0 Å². The van der Waals surface area contributed by atoms with E-state index in [4.69, 9.17) is 0 Å². The number of thiophene rings is 1. The van der Waals surface area contributed by atoms with Gasteiger partial charge in [-0.05, 0) is 42.6 Å². The van der Waals surface area contributed by atoms with Crippen LogP contribution in [0.2, 0.25) is 0 Å². The van der Waals surface area contributed by atoms with Gasteiger partial charge in [0, 0.05) is 17.0 Å². The van der Waals surface area contributed by atoms with Crippen LogP contribution in [0.1, 0.15) is 11.1 Å². The Balaban J connectivity index is 2.40. The van der Waals surface area contributed by atoms with Gasteiger partial charge in [-0.3, -0.25) is 0 Å². The number of rotatable bonds is 3. The summed E-state index contributed by atoms with van der Waals surface area (Å²) in [5.41, 5.74) is 2.80. The number of halogens is 1. The molecule has 0 aliphatic rings. The van der Waals surface area contributed by atoms with Crippen LogP contribution in [0.3, 0.4) is 0 Å². The van der Waals surface area contributed by atoms with Crippen LogP contribution >= 0.6 is 11.3 Å². The molecule has 1 nitrogen and oxygen atoms in total. The van der Waals surface area contributed by atoms with E-state index >= 15 is 0 Å². The monoisotopic (exact) mass is 235 g/mol. The maximum Gasteiger partial charge on any atom is 0.132 e. The fourth-order valence-electron chi connectivity index (χ4n) is 1.71. The van der Waals surface area contributed by atoms with Crippen molar-refractivity contribution >= 4 is 11.3 Å². The first-order chi connectivity index (χ1) is 7.72. The van der Waals surface area contributed by atoms with E-state index in [1.54, 1.807) is 17.4 Å². The van der Waals surface area contributed by atoms with Crippen LogP contribution in [0.4, 0.5) is 4.39 Å². The van der Waals surface area contributed by atoms with Gasteiger partial charge < -0.3 is 5.32 Å². The molecular formula is C13H14FNS. The highest BCUT2D eigenvalue weighted by Crippen LogP contribution is 2.31. The first-order valence-corrected chi connectivity index (χ1v) is 6.08. The highest BCUT2D eigenvalue weighted by atomic mass is 32.1. The molecule has 0 aliphatic heterocycles. The molecule has 84 valence electrons. The Morgan fingerprint density at radius 2 is 2.12 bits per heavy atom. The van der Waals surface area contributed by atoms with Gasteiger partial charge in [-0.1, -0.05) is 12.1 Å². The van der Waals surface area contributed by atoms with Gasteiger partial charge in [0.05, 0.1) is 0 Å². The van der Waals surface area contributed by atoms with E-state index in [0.717, 1.165) is 16.0 Å². The normalized spacial score (nSPS) is 10.7. The maximum atomic E-state index is 13.9. The second kappa shape index (κ2) is 4.76. The molecule has 2 rings (SSSR count). The molecule has 0 unspecified atom stereocenters. The number of aryl methyl sites for hydroxylation is 1. The lowest BCUT2D eigenvalue weighted by Crippen LogP contribution is -2.05. The maximum absolute atomic E-state index is 13.9. The number of benzene rings is 1. The van der Waals surface area contributed by atoms with Crippen molar-refractivity contribution in [2.75, 3.05) is 7.05 Å². The van der Waals surface area contributed by atoms with Crippen molar-refractivity contribution in [3.63, 3.8) is 0 Å². The summed E-state index contributed by atoms with van der Waals surface area (Å²) in [7, 11) is 1.86. The lowest BCUT2D eigenvalue weighted by molar-refractivity contribution is 0.627. The number of hydrogen-bond donors (Lipinski definition) is 1. The number of hydrogen-bond acceptors (Lipinski definition) is 2. The van der Waals surface area contributed by atoms with E-state index in [0.29, 0.717) is 12.1 Å². The standard InChI is InChI=1S/C13H14FNS/c1-9-5-6-16-13(9)11-4-3-10(8-15-2)7-12(11)14/h3-7,15H,8H2,1-2H3. The molecule has 0 bridgehead atoms. The Kier molecular flexibility index (Phi) is 3.36. The van der Waals surface area contributed by atoms with E-state index < -0.39 is 0 Å². The van der Waals surface area contributed by atoms with Crippen molar-refractivity contribution in [2.24, 2.45) is 0 Å². The summed E-state index contributed by atoms with van der Waals surface area (Å²) in [6, 6.07) is 7.45. The fourth-order valence-corrected chi connectivity index (χ4v) is 2.66. The van der Waals surface area contributed by atoms with Gasteiger partial charge in [-0.2, -0.15) is 0 Å². The summed E-state index contributed by atoms with van der Waals surface area (Å²) in [5.74, 6) is -0.140. The van der Waals surface area contributed by atoms with Crippen LogP contribution in [0.15, 0.2) is 29.6 Å². The largest absolute Gasteiger partial charge is 0.316 e. The van der Waals surface area contributed by atoms with E-state index in [1.807, 2.05) is 37.6 Å². The molecule has 0 saturated carbocycles. The molecule has 0 aliphatic carbocycles. The Morgan fingerprint density at radius 1 is 1.31 bits per heavy atom. The van der Waals surface area contributed by atoms with E-state index in [1.165, 1.54) is 0 Å². The van der Waals surface area contributed by atoms with Gasteiger partial charge in [0.1, 0.15) is 5.82 Å². The quantitative estimate of drug-likeness (QED) is 0.857. The third kappa shape index (κ3) is 2.15. The Hall–Kier alpha value is -1.19. The summed E-state index contributed by atoms with van der Waals surface area (Å²) < 4.78 is 13.9. The molecule has 1 heterocycles. The van der Waals surface area contributed by atoms with Gasteiger partial charge >= 0.3 is 0 Å². The van der Waals surface area contributed by atoms with Crippen molar-refractivity contribution in [3.05, 3.63) is 46.6 Å². The first kappa shape index (κ1) is 11.3. The van der Waals surface area contributed by atoms with Crippen LogP contribution in [0.5, 0.6) is 0 Å². The molecule has 0 fully saturated rings. The number of nitrogens with one attached hydrogen (secondary N) is 1. The third-order valence-electron chi connectivity index (χ3n) is 2.52. The Morgan fingerprint density at radius 3 is 2.69 bits per heavy atom. The predicted octanol–water partition coefficient (Wildman–Crippen LogP) is 3.58. The fraction of sp³-hybridized carbons (Fsp3) is 0.231. The molecule has 0 spiro atoms. The molecule has 3 heteroatoms. The zero-order chi connectivity index (χ0) is 11.5. The van der Waals surface area contributed by atoms with E-state index in [9.17, 15) is 4.39 Å². The second-order valence-electron chi connectivity index (χ2n) is 3.78. The summed E-state index contributed by atoms with van der Waals surface area (Å²) in [6.07, 6.45) is 0. The van der Waals surface area contributed by atoms with Crippen molar-refractivity contribution in [2.45, 2.75) is 13.5 Å². The first-order valence-electron chi connectivity index (χ1n) is 5.20. The average Bonchev–Trinajstić information content (AvgIpc) is 2.65. The lowest BCUT2D eigenvalue weighted by atomic mass is 10.1. The molecule has 0 atom stereocenters. The molecule has 0 radical (unpaired) electrons. The molecule has 16 heavy (non-hydrogen) atoms. The van der Waals surface area contributed by atoms with Crippen molar-refractivity contribution in [1.29, 1.82) is 0 Å². The smallest absolute Gasteiger partial charge is 0.132 e. The molecule has 2 aromatic rings. The lowest BCUT2D eigenvalue weighted by Gasteiger charge is -2.05. The van der Waals surface area contributed by atoms with Gasteiger partial charge in [0.25, 0.3) is 0 Å². The second-order valence-corrected chi connectivity index (χ2v) is 4.69. The van der Waals surface area contributed by atoms with Crippen molar-refractivity contribution < 1.29 is 4.39 Å². The van der Waals surface area contributed by atoms with Crippen LogP contribution in [-0.2, 0) is 6.54 Å². The molecule has 1 aromatic carbocycles. The zero-order valence-electron chi connectivity index (χ0n) is 9.38. The SMILES string of the molecule is CNCc1ccc(-c2sccc2C)c(F)c1. The van der Waals surface area contributed by atoms with Crippen LogP contribution in [0.25, 0.3) is 10.4 Å². The molecular weight excluding hydrogens is 221 g/mol. The summed E-state index contributed by atoms with van der Waals surface area (Å²) in [5, 5.41) is 5.00. The Labute approximate surface area is 98.9 Å². The molecule has 0 saturated heterocycles. The van der Waals surface area contributed by atoms with E-state index in [-0.39, 0.29) is 5.82 Å². The molecule has 1 N–H and O–H groups in total. The zero-order valence-corrected chi connectivity index (χ0v) is 10.2. The van der Waals surface area contributed by atoms with E-state index in [2.05, 4.69) is 5.32 Å². The summed E-state index contributed by atoms with van der Waals surface area (Å²) >= 11 is 1.58. The minimum atomic E-state index is -0.140. The van der Waals surface area contributed by atoms with Gasteiger partial charge in [0.15, 0.2) is 0 Å². The molecule has 1 aromatic heterocycles. The van der Waals surface area contributed by atoms with Gasteiger partial charge in [-0.25, -0.2) is 4.39 Å². The third-order valence-corrected chi connectivity index (χ3v) is 3.57. The van der Waals surface area contributed by atoms with Crippen LogP contribution in [-0.4, -0.2) is 7.05 Å². The summed E-state index contributed by atoms with van der Waals surface area (Å²) in [6.45, 7) is 2.70. The van der Waals surface area contributed by atoms with Gasteiger partial charge in [-0.15, -0.1) is 11.3 Å². The minimum absolute atomic E-state index is 0.140.